The van der Waals surface area contributed by atoms with Crippen molar-refractivity contribution < 1.29 is 27.6 Å². The van der Waals surface area contributed by atoms with Crippen LogP contribution in [0, 0.1) is 15.5 Å². The number of sulfonamides is 1. The van der Waals surface area contributed by atoms with Gasteiger partial charge in [0.2, 0.25) is 0 Å². The quantitative estimate of drug-likeness (QED) is 0.0492. The lowest BCUT2D eigenvalue weighted by atomic mass is 9.72. The number of H-pyrrole nitrogens is 1. The Morgan fingerprint density at radius 1 is 0.922 bits per heavy atom. The Hall–Kier alpha value is -5.45. The van der Waals surface area contributed by atoms with Crippen LogP contribution in [-0.4, -0.2) is 106 Å². The number of anilines is 2. The van der Waals surface area contributed by atoms with Gasteiger partial charge in [-0.3, -0.25) is 24.7 Å². The van der Waals surface area contributed by atoms with E-state index in [1.165, 1.54) is 35.3 Å². The number of aromatic nitrogens is 1. The summed E-state index contributed by atoms with van der Waals surface area (Å²) in [6.45, 7) is 13.2. The molecule has 0 atom stereocenters. The number of aromatic amines is 1. The molecule has 64 heavy (non-hydrogen) atoms. The van der Waals surface area contributed by atoms with Gasteiger partial charge in [0.15, 0.2) is 0 Å². The summed E-state index contributed by atoms with van der Waals surface area (Å²) < 4.78 is 41.3. The van der Waals surface area contributed by atoms with Crippen LogP contribution in [-0.2, 0) is 14.8 Å². The number of benzene rings is 4. The van der Waals surface area contributed by atoms with Gasteiger partial charge in [-0.15, -0.1) is 0 Å². The summed E-state index contributed by atoms with van der Waals surface area (Å²) in [6, 6.07) is 24.4. The maximum atomic E-state index is 13.9. The molecule has 2 fully saturated rings. The molecule has 3 heterocycles. The van der Waals surface area contributed by atoms with Crippen LogP contribution in [0.2, 0.25) is 5.02 Å². The van der Waals surface area contributed by atoms with E-state index in [0.717, 1.165) is 106 Å². The van der Waals surface area contributed by atoms with Gasteiger partial charge in [-0.2, -0.15) is 0 Å². The lowest BCUT2D eigenvalue weighted by Gasteiger charge is -2.38. The Bertz CT molecular complexity index is 2620. The molecular weight excluding hydrogens is 854 g/mol. The van der Waals surface area contributed by atoms with Crippen molar-refractivity contribution in [3.8, 4) is 11.5 Å². The number of hydrogen-bond acceptors (Lipinski definition) is 11. The molecule has 0 saturated carbocycles. The number of piperazine rings is 1. The van der Waals surface area contributed by atoms with Crippen LogP contribution < -0.4 is 19.7 Å². The second kappa shape index (κ2) is 19.7. The predicted octanol–water partition coefficient (Wildman–Crippen LogP) is 8.95. The summed E-state index contributed by atoms with van der Waals surface area (Å²) in [6.07, 6.45) is 6.87. The molecule has 14 nitrogen and oxygen atoms in total. The van der Waals surface area contributed by atoms with Gasteiger partial charge in [0.05, 0.1) is 28.6 Å². The summed E-state index contributed by atoms with van der Waals surface area (Å²) >= 11 is 6.24. The molecule has 5 aromatic rings. The fourth-order valence-corrected chi connectivity index (χ4v) is 9.97. The SMILES string of the molecule is CC1(C)CCC(CCN2CCN(c3ccc(C(=O)NS(=O)(=O)c4ccc(NCCCN5CCOCC5)c([N+](=O)[O-])c4)c(Oc4ccc5[nH]ccc5c4)c3)CC2)=C(c2ccc(Cl)cc2)C1. The van der Waals surface area contributed by atoms with Crippen LogP contribution in [0.3, 0.4) is 0 Å². The summed E-state index contributed by atoms with van der Waals surface area (Å²) in [5, 5.41) is 16.8. The van der Waals surface area contributed by atoms with Gasteiger partial charge < -0.3 is 24.7 Å². The number of hydrogen-bond donors (Lipinski definition) is 3. The van der Waals surface area contributed by atoms with Gasteiger partial charge in [0, 0.05) is 92.3 Å². The monoisotopic (exact) mass is 909 g/mol. The first kappa shape index (κ1) is 45.1. The van der Waals surface area contributed by atoms with Crippen molar-refractivity contribution in [3.63, 3.8) is 0 Å². The van der Waals surface area contributed by atoms with Crippen LogP contribution in [0.4, 0.5) is 17.1 Å². The Balaban J connectivity index is 0.957. The number of rotatable bonds is 16. The Morgan fingerprint density at radius 2 is 1.69 bits per heavy atom. The molecule has 3 N–H and O–H groups in total. The number of nitro benzene ring substituents is 1. The number of fused-ring (bicyclic) bond motifs is 1. The molecule has 2 aliphatic heterocycles. The average Bonchev–Trinajstić information content (AvgIpc) is 3.76. The molecule has 0 unspecified atom stereocenters. The van der Waals surface area contributed by atoms with Crippen LogP contribution in [0.5, 0.6) is 11.5 Å². The highest BCUT2D eigenvalue weighted by atomic mass is 35.5. The second-order valence-electron chi connectivity index (χ2n) is 17.6. The van der Waals surface area contributed by atoms with Gasteiger partial charge in [0.25, 0.3) is 21.6 Å². The number of nitrogens with zero attached hydrogens (tertiary/aromatic N) is 4. The van der Waals surface area contributed by atoms with E-state index in [2.05, 4.69) is 55.7 Å². The Kier molecular flexibility index (Phi) is 13.9. The van der Waals surface area contributed by atoms with Gasteiger partial charge in [-0.25, -0.2) is 13.1 Å². The normalized spacial score (nSPS) is 17.4. The number of halogens is 1. The van der Waals surface area contributed by atoms with Gasteiger partial charge in [0.1, 0.15) is 17.2 Å². The summed E-state index contributed by atoms with van der Waals surface area (Å²) in [4.78, 5) is 35.2. The Labute approximate surface area is 379 Å². The zero-order valence-electron chi connectivity index (χ0n) is 36.4. The first-order chi connectivity index (χ1) is 30.8. The van der Waals surface area contributed by atoms with E-state index in [1.807, 2.05) is 36.5 Å². The molecule has 1 aliphatic carbocycles. The number of carbonyl (C=O) groups excluding carboxylic acids is 1. The summed E-state index contributed by atoms with van der Waals surface area (Å²) in [5.74, 6) is -0.291. The minimum atomic E-state index is -4.54. The molecule has 0 bridgehead atoms. The lowest BCUT2D eigenvalue weighted by molar-refractivity contribution is -0.384. The predicted molar refractivity (Wildman–Crippen MR) is 252 cm³/mol. The number of allylic oxidation sites excluding steroid dienone is 1. The standard InChI is InChI=1S/C48H56ClN7O7S/c1-48(2)17-14-35(42(33-48)34-4-6-37(49)7-5-34)16-21-54-22-24-55(25-23-54)38-8-11-41(46(31-38)63-39-9-12-43-36(30-39)15-19-51-43)47(57)52-64(60,61)40-10-13-44(45(32-40)56(58)59)50-18-3-20-53-26-28-62-29-27-53/h4-13,15,19,30-32,50-51H,3,14,16-18,20-29,33H2,1-2H3,(H,52,57). The molecular formula is C48H56ClN7O7S. The minimum absolute atomic E-state index is 0.00592. The molecule has 2 saturated heterocycles. The van der Waals surface area contributed by atoms with E-state index < -0.39 is 31.4 Å². The minimum Gasteiger partial charge on any atom is -0.456 e. The maximum absolute atomic E-state index is 13.9. The topological polar surface area (TPSA) is 162 Å². The third-order valence-electron chi connectivity index (χ3n) is 12.6. The summed E-state index contributed by atoms with van der Waals surface area (Å²) in [7, 11) is -4.54. The molecule has 338 valence electrons. The number of carbonyl (C=O) groups is 1. The van der Waals surface area contributed by atoms with Crippen molar-refractivity contribution in [1.82, 2.24) is 19.5 Å². The van der Waals surface area contributed by atoms with Crippen LogP contribution in [0.25, 0.3) is 16.5 Å². The molecule has 3 aliphatic rings. The fourth-order valence-electron chi connectivity index (χ4n) is 8.86. The van der Waals surface area contributed by atoms with Crippen LogP contribution in [0.15, 0.2) is 102 Å². The lowest BCUT2D eigenvalue weighted by Crippen LogP contribution is -2.46. The smallest absolute Gasteiger partial charge is 0.293 e. The molecule has 4 aromatic carbocycles. The van der Waals surface area contributed by atoms with E-state index >= 15 is 0 Å². The average molecular weight is 911 g/mol. The molecule has 1 amide bonds. The van der Waals surface area contributed by atoms with E-state index in [-0.39, 0.29) is 22.4 Å². The molecule has 0 spiro atoms. The molecule has 16 heteroatoms. The van der Waals surface area contributed by atoms with Crippen molar-refractivity contribution in [1.29, 1.82) is 0 Å². The highest BCUT2D eigenvalue weighted by Gasteiger charge is 2.30. The third-order valence-corrected chi connectivity index (χ3v) is 14.2. The van der Waals surface area contributed by atoms with Crippen molar-refractivity contribution in [2.24, 2.45) is 5.41 Å². The number of morpholine rings is 1. The maximum Gasteiger partial charge on any atom is 0.293 e. The van der Waals surface area contributed by atoms with Crippen LogP contribution >= 0.6 is 11.6 Å². The van der Waals surface area contributed by atoms with E-state index in [1.54, 1.807) is 24.3 Å². The Morgan fingerprint density at radius 3 is 2.45 bits per heavy atom. The van der Waals surface area contributed by atoms with Crippen molar-refractivity contribution in [2.75, 3.05) is 82.3 Å². The van der Waals surface area contributed by atoms with E-state index in [4.69, 9.17) is 21.1 Å². The van der Waals surface area contributed by atoms with Crippen LogP contribution in [0.1, 0.15) is 61.9 Å². The van der Waals surface area contributed by atoms with Crippen molar-refractivity contribution in [2.45, 2.75) is 50.8 Å². The van der Waals surface area contributed by atoms with Crippen molar-refractivity contribution >= 4 is 61.1 Å². The van der Waals surface area contributed by atoms with Gasteiger partial charge >= 0.3 is 0 Å². The third kappa shape index (κ3) is 11.1. The number of nitro groups is 1. The highest BCUT2D eigenvalue weighted by Crippen LogP contribution is 2.44. The van der Waals surface area contributed by atoms with E-state index in [0.29, 0.717) is 25.5 Å². The number of amides is 1. The van der Waals surface area contributed by atoms with Gasteiger partial charge in [-0.1, -0.05) is 43.2 Å². The largest absolute Gasteiger partial charge is 0.456 e. The first-order valence-electron chi connectivity index (χ1n) is 22.0. The number of ether oxygens (including phenoxy) is 2. The zero-order chi connectivity index (χ0) is 44.8. The van der Waals surface area contributed by atoms with E-state index in [9.17, 15) is 23.3 Å². The first-order valence-corrected chi connectivity index (χ1v) is 23.9. The highest BCUT2D eigenvalue weighted by molar-refractivity contribution is 7.90. The van der Waals surface area contributed by atoms with Crippen molar-refractivity contribution in [3.05, 3.63) is 123 Å². The zero-order valence-corrected chi connectivity index (χ0v) is 38.0. The second-order valence-corrected chi connectivity index (χ2v) is 19.7. The van der Waals surface area contributed by atoms with Gasteiger partial charge in [-0.05, 0) is 116 Å². The fraction of sp³-hybridized carbons (Fsp3) is 0.396. The number of nitrogens with one attached hydrogen (secondary N) is 3. The molecule has 0 radical (unpaired) electrons. The molecule has 1 aromatic heterocycles. The summed E-state index contributed by atoms with van der Waals surface area (Å²) in [5.41, 5.74) is 6.01. The molecule has 8 rings (SSSR count).